The molecule has 0 saturated carbocycles. The van der Waals surface area contributed by atoms with Gasteiger partial charge in [-0.15, -0.1) is 0 Å². The van der Waals surface area contributed by atoms with E-state index in [-0.39, 0.29) is 18.4 Å². The number of aryl methyl sites for hydroxylation is 1. The van der Waals surface area contributed by atoms with Crippen LogP contribution in [0.4, 0.5) is 0 Å². The van der Waals surface area contributed by atoms with E-state index in [4.69, 9.17) is 15.2 Å². The second-order valence-corrected chi connectivity index (χ2v) is 6.12. The smallest absolute Gasteiger partial charge is 0.241 e. The molecule has 2 rings (SSSR count). The van der Waals surface area contributed by atoms with Gasteiger partial charge in [0.05, 0.1) is 13.7 Å². The van der Waals surface area contributed by atoms with E-state index in [1.54, 1.807) is 12.0 Å². The van der Waals surface area contributed by atoms with Crippen LogP contribution in [0.1, 0.15) is 12.0 Å². The van der Waals surface area contributed by atoms with E-state index in [2.05, 4.69) is 0 Å². The minimum Gasteiger partial charge on any atom is -0.497 e. The minimum absolute atomic E-state index is 0.115. The summed E-state index contributed by atoms with van der Waals surface area (Å²) in [7, 11) is 3.15. The van der Waals surface area contributed by atoms with Gasteiger partial charge in [0.15, 0.2) is 0 Å². The molecule has 138 valence electrons. The Morgan fingerprint density at radius 2 is 1.68 bits per heavy atom. The average Bonchev–Trinajstić information content (AvgIpc) is 2.66. The van der Waals surface area contributed by atoms with Gasteiger partial charge in [0.25, 0.3) is 0 Å². The van der Waals surface area contributed by atoms with Gasteiger partial charge in [-0.1, -0.05) is 12.1 Å². The minimum atomic E-state index is -0.637. The lowest BCUT2D eigenvalue weighted by Crippen LogP contribution is -2.55. The van der Waals surface area contributed by atoms with E-state index in [1.807, 2.05) is 29.2 Å². The fourth-order valence-electron chi connectivity index (χ4n) is 2.86. The number of ether oxygens (including phenoxy) is 2. The number of piperazine rings is 1. The van der Waals surface area contributed by atoms with Gasteiger partial charge in [0.2, 0.25) is 11.8 Å². The molecule has 1 fully saturated rings. The number of nitrogens with two attached hydrogens (primary N) is 1. The Labute approximate surface area is 148 Å². The van der Waals surface area contributed by atoms with E-state index in [1.165, 1.54) is 7.11 Å². The third-order valence-corrected chi connectivity index (χ3v) is 4.39. The molecule has 1 aliphatic rings. The standard InChI is InChI=1S/C18H27N3O4/c1-24-13-16(19)18(23)21-11-9-20(10-12-21)17(22)8-5-14-3-6-15(25-2)7-4-14/h3-4,6-7,16H,5,8-13,19H2,1-2H3. The molecule has 2 amide bonds. The van der Waals surface area contributed by atoms with Crippen molar-refractivity contribution in [1.82, 2.24) is 9.80 Å². The zero-order valence-electron chi connectivity index (χ0n) is 14.9. The molecule has 1 aromatic carbocycles. The molecule has 1 atom stereocenters. The number of carbonyl (C=O) groups excluding carboxylic acids is 2. The third-order valence-electron chi connectivity index (χ3n) is 4.39. The molecular formula is C18H27N3O4. The first kappa shape index (κ1) is 19.2. The molecule has 25 heavy (non-hydrogen) atoms. The second kappa shape index (κ2) is 9.39. The summed E-state index contributed by atoms with van der Waals surface area (Å²) in [5.74, 6) is 0.804. The summed E-state index contributed by atoms with van der Waals surface area (Å²) in [6.45, 7) is 2.34. The van der Waals surface area contributed by atoms with Crippen LogP contribution in [0, 0.1) is 0 Å². The molecule has 0 aliphatic carbocycles. The number of rotatable bonds is 7. The van der Waals surface area contributed by atoms with E-state index >= 15 is 0 Å². The zero-order chi connectivity index (χ0) is 18.2. The van der Waals surface area contributed by atoms with E-state index < -0.39 is 6.04 Å². The number of benzene rings is 1. The SMILES string of the molecule is COCC(N)C(=O)N1CCN(C(=O)CCc2ccc(OC)cc2)CC1. The first-order valence-corrected chi connectivity index (χ1v) is 8.49. The zero-order valence-corrected chi connectivity index (χ0v) is 14.9. The Morgan fingerprint density at radius 1 is 1.08 bits per heavy atom. The third kappa shape index (κ3) is 5.44. The quantitative estimate of drug-likeness (QED) is 0.764. The molecular weight excluding hydrogens is 322 g/mol. The number of amides is 2. The molecule has 0 radical (unpaired) electrons. The highest BCUT2D eigenvalue weighted by molar-refractivity contribution is 5.82. The van der Waals surface area contributed by atoms with Crippen molar-refractivity contribution >= 4 is 11.8 Å². The Morgan fingerprint density at radius 3 is 2.24 bits per heavy atom. The monoisotopic (exact) mass is 349 g/mol. The van der Waals surface area contributed by atoms with Gasteiger partial charge >= 0.3 is 0 Å². The van der Waals surface area contributed by atoms with Gasteiger partial charge in [-0.25, -0.2) is 0 Å². The number of methoxy groups -OCH3 is 2. The highest BCUT2D eigenvalue weighted by atomic mass is 16.5. The topological polar surface area (TPSA) is 85.1 Å². The molecule has 1 unspecified atom stereocenters. The van der Waals surface area contributed by atoms with Crippen LogP contribution in [0.15, 0.2) is 24.3 Å². The largest absolute Gasteiger partial charge is 0.497 e. The molecule has 2 N–H and O–H groups in total. The van der Waals surface area contributed by atoms with E-state index in [9.17, 15) is 9.59 Å². The highest BCUT2D eigenvalue weighted by Gasteiger charge is 2.26. The summed E-state index contributed by atoms with van der Waals surface area (Å²) in [5, 5.41) is 0. The summed E-state index contributed by atoms with van der Waals surface area (Å²) < 4.78 is 10.0. The fourth-order valence-corrected chi connectivity index (χ4v) is 2.86. The average molecular weight is 349 g/mol. The molecule has 1 aromatic rings. The lowest BCUT2D eigenvalue weighted by Gasteiger charge is -2.36. The predicted octanol–water partition coefficient (Wildman–Crippen LogP) is 0.272. The Balaban J connectivity index is 1.76. The van der Waals surface area contributed by atoms with Crippen molar-refractivity contribution in [2.75, 3.05) is 47.0 Å². The summed E-state index contributed by atoms with van der Waals surface area (Å²) in [6.07, 6.45) is 1.16. The number of hydrogen-bond donors (Lipinski definition) is 1. The molecule has 1 saturated heterocycles. The molecule has 0 bridgehead atoms. The number of carbonyl (C=O) groups is 2. The summed E-state index contributed by atoms with van der Waals surface area (Å²) in [4.78, 5) is 28.0. The van der Waals surface area contributed by atoms with E-state index in [0.29, 0.717) is 39.0 Å². The van der Waals surface area contributed by atoms with Crippen LogP contribution in [0.3, 0.4) is 0 Å². The Kier molecular flexibility index (Phi) is 7.21. The van der Waals surface area contributed by atoms with Gasteiger partial charge < -0.3 is 25.0 Å². The molecule has 0 aromatic heterocycles. The first-order chi connectivity index (χ1) is 12.0. The maximum atomic E-state index is 12.4. The predicted molar refractivity (Wildman–Crippen MR) is 94.3 cm³/mol. The van der Waals surface area contributed by atoms with Crippen LogP contribution in [0.5, 0.6) is 5.75 Å². The van der Waals surface area contributed by atoms with Crippen molar-refractivity contribution in [3.8, 4) is 5.75 Å². The number of nitrogens with zero attached hydrogens (tertiary/aromatic N) is 2. The van der Waals surface area contributed by atoms with Crippen LogP contribution in [0.2, 0.25) is 0 Å². The van der Waals surface area contributed by atoms with Crippen molar-refractivity contribution in [2.24, 2.45) is 5.73 Å². The van der Waals surface area contributed by atoms with Crippen molar-refractivity contribution < 1.29 is 19.1 Å². The van der Waals surface area contributed by atoms with Crippen LogP contribution in [-0.2, 0) is 20.7 Å². The Hall–Kier alpha value is -2.12. The van der Waals surface area contributed by atoms with Gasteiger partial charge in [-0.2, -0.15) is 0 Å². The van der Waals surface area contributed by atoms with Gasteiger partial charge in [0, 0.05) is 39.7 Å². The summed E-state index contributed by atoms with van der Waals surface area (Å²) >= 11 is 0. The number of hydrogen-bond acceptors (Lipinski definition) is 5. The van der Waals surface area contributed by atoms with Gasteiger partial charge in [-0.3, -0.25) is 9.59 Å². The van der Waals surface area contributed by atoms with Crippen LogP contribution >= 0.6 is 0 Å². The molecule has 1 heterocycles. The van der Waals surface area contributed by atoms with Crippen LogP contribution in [-0.4, -0.2) is 74.7 Å². The second-order valence-electron chi connectivity index (χ2n) is 6.12. The molecule has 1 aliphatic heterocycles. The summed E-state index contributed by atoms with van der Waals surface area (Å²) in [6, 6.07) is 7.10. The maximum absolute atomic E-state index is 12.4. The van der Waals surface area contributed by atoms with Gasteiger partial charge in [-0.05, 0) is 24.1 Å². The van der Waals surface area contributed by atoms with Crippen molar-refractivity contribution in [3.05, 3.63) is 29.8 Å². The summed E-state index contributed by atoms with van der Waals surface area (Å²) in [5.41, 5.74) is 6.89. The highest BCUT2D eigenvalue weighted by Crippen LogP contribution is 2.13. The lowest BCUT2D eigenvalue weighted by molar-refractivity contribution is -0.141. The van der Waals surface area contributed by atoms with Gasteiger partial charge in [0.1, 0.15) is 11.8 Å². The first-order valence-electron chi connectivity index (χ1n) is 8.49. The van der Waals surface area contributed by atoms with Crippen molar-refractivity contribution in [1.29, 1.82) is 0 Å². The van der Waals surface area contributed by atoms with Crippen molar-refractivity contribution in [2.45, 2.75) is 18.9 Å². The van der Waals surface area contributed by atoms with Crippen LogP contribution in [0.25, 0.3) is 0 Å². The lowest BCUT2D eigenvalue weighted by atomic mass is 10.1. The Bertz CT molecular complexity index is 568. The molecule has 7 heteroatoms. The van der Waals surface area contributed by atoms with Crippen LogP contribution < -0.4 is 10.5 Å². The maximum Gasteiger partial charge on any atom is 0.241 e. The molecule has 7 nitrogen and oxygen atoms in total. The van der Waals surface area contributed by atoms with Crippen molar-refractivity contribution in [3.63, 3.8) is 0 Å². The normalized spacial score (nSPS) is 15.8. The van der Waals surface area contributed by atoms with E-state index in [0.717, 1.165) is 11.3 Å². The fraction of sp³-hybridized carbons (Fsp3) is 0.556. The molecule has 0 spiro atoms.